The quantitative estimate of drug-likeness (QED) is 0.329. The van der Waals surface area contributed by atoms with Crippen molar-refractivity contribution in [3.63, 3.8) is 0 Å². The van der Waals surface area contributed by atoms with Gasteiger partial charge in [0.05, 0.1) is 17.4 Å². The molecule has 1 aromatic carbocycles. The van der Waals surface area contributed by atoms with Gasteiger partial charge in [-0.3, -0.25) is 14.4 Å². The van der Waals surface area contributed by atoms with Gasteiger partial charge in [0, 0.05) is 12.8 Å². The van der Waals surface area contributed by atoms with Crippen LogP contribution in [0.2, 0.25) is 0 Å². The van der Waals surface area contributed by atoms with Crippen molar-refractivity contribution in [2.24, 2.45) is 22.0 Å². The Kier molecular flexibility index (Phi) is 10.5. The summed E-state index contributed by atoms with van der Waals surface area (Å²) in [5.41, 5.74) is 2.91. The molecule has 0 aliphatic carbocycles. The maximum absolute atomic E-state index is 12.6. The highest BCUT2D eigenvalue weighted by molar-refractivity contribution is 5.82. The molecule has 0 heterocycles. The van der Waals surface area contributed by atoms with E-state index in [0.29, 0.717) is 5.56 Å². The van der Waals surface area contributed by atoms with E-state index in [9.17, 15) is 24.3 Å². The fraction of sp³-hybridized carbons (Fsp3) is 0.643. The van der Waals surface area contributed by atoms with Crippen molar-refractivity contribution in [3.8, 4) is 11.5 Å². The van der Waals surface area contributed by atoms with Crippen LogP contribution in [-0.2, 0) is 30.3 Å². The molecule has 214 valence electrons. The summed E-state index contributed by atoms with van der Waals surface area (Å²) in [6.45, 7) is 17.4. The van der Waals surface area contributed by atoms with Crippen LogP contribution in [0.25, 0.3) is 0 Å². The standard InChI is InChI=1S/C28H43NO9/c1-17(36-24(34)35-16-25(2,3)4)14-28(29,21(30)31)15-18-11-12-19(37-22(32)26(5,6)7)20(13-18)38-23(33)27(8,9)10/h11-13,17H,14-16,29H2,1-10H3,(H,30,31)/t17-,28?/m0/s1. The molecule has 0 amide bonds. The number of benzene rings is 1. The van der Waals surface area contributed by atoms with Gasteiger partial charge in [0.2, 0.25) is 0 Å². The summed E-state index contributed by atoms with van der Waals surface area (Å²) in [6, 6.07) is 4.38. The van der Waals surface area contributed by atoms with Crippen molar-refractivity contribution < 1.29 is 43.2 Å². The summed E-state index contributed by atoms with van der Waals surface area (Å²) in [5.74, 6) is -2.45. The zero-order valence-corrected chi connectivity index (χ0v) is 24.2. The molecule has 1 rings (SSSR count). The molecular formula is C28H43NO9. The molecule has 10 nitrogen and oxygen atoms in total. The van der Waals surface area contributed by atoms with Crippen LogP contribution in [0.15, 0.2) is 18.2 Å². The lowest BCUT2D eigenvalue weighted by Crippen LogP contribution is -2.52. The predicted octanol–water partition coefficient (Wildman–Crippen LogP) is 4.89. The van der Waals surface area contributed by atoms with Crippen LogP contribution in [0.5, 0.6) is 11.5 Å². The fourth-order valence-corrected chi connectivity index (χ4v) is 2.96. The Morgan fingerprint density at radius 2 is 1.37 bits per heavy atom. The van der Waals surface area contributed by atoms with Crippen molar-refractivity contribution in [2.45, 2.75) is 93.7 Å². The van der Waals surface area contributed by atoms with E-state index in [0.717, 1.165) is 0 Å². The first-order valence-electron chi connectivity index (χ1n) is 12.5. The van der Waals surface area contributed by atoms with Gasteiger partial charge < -0.3 is 29.8 Å². The number of esters is 2. The summed E-state index contributed by atoms with van der Waals surface area (Å²) in [4.78, 5) is 49.3. The highest BCUT2D eigenvalue weighted by Crippen LogP contribution is 2.34. The normalized spacial score (nSPS) is 14.6. The highest BCUT2D eigenvalue weighted by atomic mass is 16.7. The third-order valence-electron chi connectivity index (χ3n) is 5.16. The zero-order chi connectivity index (χ0) is 29.7. The largest absolute Gasteiger partial charge is 0.508 e. The number of carbonyl (C=O) groups excluding carboxylic acids is 3. The predicted molar refractivity (Wildman–Crippen MR) is 141 cm³/mol. The average Bonchev–Trinajstić information content (AvgIpc) is 2.71. The van der Waals surface area contributed by atoms with Crippen LogP contribution < -0.4 is 15.2 Å². The molecule has 0 radical (unpaired) electrons. The fourth-order valence-electron chi connectivity index (χ4n) is 2.96. The lowest BCUT2D eigenvalue weighted by molar-refractivity contribution is -0.145. The van der Waals surface area contributed by atoms with Crippen molar-refractivity contribution in [1.29, 1.82) is 0 Å². The van der Waals surface area contributed by atoms with E-state index in [4.69, 9.17) is 24.7 Å². The van der Waals surface area contributed by atoms with E-state index in [1.165, 1.54) is 25.1 Å². The molecule has 0 saturated heterocycles. The van der Waals surface area contributed by atoms with Gasteiger partial charge in [-0.2, -0.15) is 0 Å². The minimum absolute atomic E-state index is 0.0162. The van der Waals surface area contributed by atoms with E-state index < -0.39 is 46.5 Å². The van der Waals surface area contributed by atoms with Crippen LogP contribution in [0.4, 0.5) is 4.79 Å². The maximum Gasteiger partial charge on any atom is 0.508 e. The molecule has 0 saturated carbocycles. The van der Waals surface area contributed by atoms with Crippen LogP contribution in [0.1, 0.15) is 81.2 Å². The van der Waals surface area contributed by atoms with Gasteiger partial charge in [-0.05, 0) is 71.6 Å². The van der Waals surface area contributed by atoms with E-state index in [1.807, 2.05) is 20.8 Å². The van der Waals surface area contributed by atoms with E-state index in [-0.39, 0.29) is 36.4 Å². The first-order valence-corrected chi connectivity index (χ1v) is 12.5. The monoisotopic (exact) mass is 537 g/mol. The Morgan fingerprint density at radius 3 is 1.82 bits per heavy atom. The first kappa shape index (κ1) is 32.9. The topological polar surface area (TPSA) is 151 Å². The lowest BCUT2D eigenvalue weighted by atomic mass is 9.86. The second-order valence-electron chi connectivity index (χ2n) is 12.9. The molecule has 0 fully saturated rings. The van der Waals surface area contributed by atoms with Crippen LogP contribution >= 0.6 is 0 Å². The number of ether oxygens (including phenoxy) is 4. The van der Waals surface area contributed by atoms with Gasteiger partial charge in [0.1, 0.15) is 11.6 Å². The molecule has 1 unspecified atom stereocenters. The van der Waals surface area contributed by atoms with Crippen molar-refractivity contribution >= 4 is 24.1 Å². The average molecular weight is 538 g/mol. The van der Waals surface area contributed by atoms with Crippen LogP contribution in [0.3, 0.4) is 0 Å². The van der Waals surface area contributed by atoms with E-state index in [1.54, 1.807) is 41.5 Å². The molecule has 0 aliphatic heterocycles. The molecule has 2 atom stereocenters. The van der Waals surface area contributed by atoms with Gasteiger partial charge >= 0.3 is 24.1 Å². The summed E-state index contributed by atoms with van der Waals surface area (Å²) in [5, 5.41) is 9.92. The second-order valence-corrected chi connectivity index (χ2v) is 12.9. The minimum Gasteiger partial charge on any atom is -0.480 e. The highest BCUT2D eigenvalue weighted by Gasteiger charge is 2.38. The number of rotatable bonds is 9. The van der Waals surface area contributed by atoms with Crippen LogP contribution in [-0.4, -0.2) is 47.4 Å². The Labute approximate surface area is 225 Å². The Hall–Kier alpha value is -3.14. The van der Waals surface area contributed by atoms with Crippen LogP contribution in [0, 0.1) is 16.2 Å². The first-order chi connectivity index (χ1) is 17.0. The van der Waals surface area contributed by atoms with Gasteiger partial charge in [0.15, 0.2) is 11.5 Å². The molecule has 0 aromatic heterocycles. The number of carboxylic acids is 1. The van der Waals surface area contributed by atoms with Crippen molar-refractivity contribution in [3.05, 3.63) is 23.8 Å². The third-order valence-corrected chi connectivity index (χ3v) is 5.16. The number of hydrogen-bond donors (Lipinski definition) is 2. The number of carbonyl (C=O) groups is 4. The molecular weight excluding hydrogens is 494 g/mol. The van der Waals surface area contributed by atoms with E-state index >= 15 is 0 Å². The second kappa shape index (κ2) is 12.1. The summed E-state index contributed by atoms with van der Waals surface area (Å²) < 4.78 is 21.3. The summed E-state index contributed by atoms with van der Waals surface area (Å²) in [6.07, 6.45) is -2.19. The maximum atomic E-state index is 12.6. The lowest BCUT2D eigenvalue weighted by Gasteiger charge is -2.28. The molecule has 0 bridgehead atoms. The van der Waals surface area contributed by atoms with Gasteiger partial charge in [-0.1, -0.05) is 26.8 Å². The number of carboxylic acid groups (broad SMARTS) is 1. The van der Waals surface area contributed by atoms with Crippen molar-refractivity contribution in [1.82, 2.24) is 0 Å². The number of aliphatic carboxylic acids is 1. The molecule has 3 N–H and O–H groups in total. The van der Waals surface area contributed by atoms with Crippen molar-refractivity contribution in [2.75, 3.05) is 6.61 Å². The minimum atomic E-state index is -1.83. The summed E-state index contributed by atoms with van der Waals surface area (Å²) >= 11 is 0. The SMILES string of the molecule is C[C@@H](CC(N)(Cc1ccc(OC(=O)C(C)(C)C)c(OC(=O)C(C)(C)C)c1)C(=O)O)OC(=O)OCC(C)(C)C. The van der Waals surface area contributed by atoms with Gasteiger partial charge in [-0.25, -0.2) is 4.79 Å². The molecule has 0 aliphatic rings. The summed E-state index contributed by atoms with van der Waals surface area (Å²) in [7, 11) is 0. The molecule has 10 heteroatoms. The Bertz CT molecular complexity index is 1030. The number of nitrogens with two attached hydrogens (primary N) is 1. The molecule has 0 spiro atoms. The Morgan fingerprint density at radius 1 is 0.868 bits per heavy atom. The van der Waals surface area contributed by atoms with Gasteiger partial charge in [-0.15, -0.1) is 0 Å². The third kappa shape index (κ3) is 10.7. The Balaban J connectivity index is 3.21. The zero-order valence-electron chi connectivity index (χ0n) is 24.2. The smallest absolute Gasteiger partial charge is 0.480 e. The van der Waals surface area contributed by atoms with Gasteiger partial charge in [0.25, 0.3) is 0 Å². The van der Waals surface area contributed by atoms with E-state index in [2.05, 4.69) is 0 Å². The number of hydrogen-bond acceptors (Lipinski definition) is 9. The molecule has 1 aromatic rings. The molecule has 38 heavy (non-hydrogen) atoms.